The summed E-state index contributed by atoms with van der Waals surface area (Å²) in [5.41, 5.74) is 0.0917. The summed E-state index contributed by atoms with van der Waals surface area (Å²) in [6.45, 7) is 4.58. The summed E-state index contributed by atoms with van der Waals surface area (Å²) in [5.74, 6) is 0. The molecule has 0 bridgehead atoms. The number of nitrogens with one attached hydrogen (secondary N) is 2. The highest BCUT2D eigenvalue weighted by molar-refractivity contribution is 7.46. The van der Waals surface area contributed by atoms with Gasteiger partial charge in [-0.1, -0.05) is 0 Å². The molecule has 0 aliphatic rings. The lowest BCUT2D eigenvalue weighted by molar-refractivity contribution is 0.0199. The zero-order valence-corrected chi connectivity index (χ0v) is 15.4. The minimum Gasteiger partial charge on any atom is -0.444 e. The molecule has 0 radical (unpaired) electrons. The van der Waals surface area contributed by atoms with Crippen molar-refractivity contribution in [2.45, 2.75) is 32.9 Å². The van der Waals surface area contributed by atoms with E-state index in [1.54, 1.807) is 20.8 Å². The van der Waals surface area contributed by atoms with Crippen molar-refractivity contribution in [2.24, 2.45) is 0 Å². The normalized spacial score (nSPS) is 12.3. The third-order valence-corrected chi connectivity index (χ3v) is 3.70. The Balaban J connectivity index is 2.21. The molecule has 0 aliphatic carbocycles. The smallest absolute Gasteiger partial charge is 0.444 e. The summed E-state index contributed by atoms with van der Waals surface area (Å²) in [5, 5.41) is 0. The lowest BCUT2D eigenvalue weighted by Crippen LogP contribution is -2.38. The number of amides is 1. The van der Waals surface area contributed by atoms with Crippen LogP contribution in [-0.4, -0.2) is 54.5 Å². The van der Waals surface area contributed by atoms with Crippen LogP contribution in [0.5, 0.6) is 0 Å². The molecule has 0 spiro atoms. The van der Waals surface area contributed by atoms with Gasteiger partial charge in [0.25, 0.3) is 5.56 Å². The highest BCUT2D eigenvalue weighted by Gasteiger charge is 2.24. The summed E-state index contributed by atoms with van der Waals surface area (Å²) in [7, 11) is -4.65. The Kier molecular flexibility index (Phi) is 5.87. The van der Waals surface area contributed by atoms with Crippen LogP contribution in [0, 0.1) is 0 Å². The number of ether oxygens (including phenoxy) is 1. The Morgan fingerprint density at radius 1 is 1.35 bits per heavy atom. The first-order valence-electron chi connectivity index (χ1n) is 7.68. The Morgan fingerprint density at radius 3 is 2.65 bits per heavy atom. The third kappa shape index (κ3) is 5.67. The molecule has 11 nitrogen and oxygen atoms in total. The van der Waals surface area contributed by atoms with E-state index in [9.17, 15) is 14.2 Å². The van der Waals surface area contributed by atoms with Crippen molar-refractivity contribution in [3.63, 3.8) is 0 Å². The molecule has 12 heteroatoms. The first-order valence-corrected chi connectivity index (χ1v) is 9.21. The van der Waals surface area contributed by atoms with E-state index in [2.05, 4.69) is 19.5 Å². The summed E-state index contributed by atoms with van der Waals surface area (Å²) in [4.78, 5) is 52.2. The molecule has 0 atom stereocenters. The molecule has 2 aromatic heterocycles. The highest BCUT2D eigenvalue weighted by atomic mass is 31.2. The van der Waals surface area contributed by atoms with Gasteiger partial charge < -0.3 is 29.4 Å². The molecule has 0 saturated carbocycles. The van der Waals surface area contributed by atoms with E-state index in [0.29, 0.717) is 11.1 Å². The Hall–Kier alpha value is -2.20. The van der Waals surface area contributed by atoms with Gasteiger partial charge in [0.15, 0.2) is 0 Å². The summed E-state index contributed by atoms with van der Waals surface area (Å²) in [6, 6.07) is 0. The largest absolute Gasteiger partial charge is 0.469 e. The lowest BCUT2D eigenvalue weighted by Gasteiger charge is -2.27. The van der Waals surface area contributed by atoms with Gasteiger partial charge in [-0.05, 0) is 20.8 Å². The minimum atomic E-state index is -4.65. The number of aromatic amines is 2. The van der Waals surface area contributed by atoms with E-state index in [1.165, 1.54) is 17.4 Å². The van der Waals surface area contributed by atoms with Crippen molar-refractivity contribution >= 4 is 24.9 Å². The van der Waals surface area contributed by atoms with Gasteiger partial charge in [-0.2, -0.15) is 0 Å². The van der Waals surface area contributed by atoms with E-state index >= 15 is 0 Å². The van der Waals surface area contributed by atoms with Gasteiger partial charge >= 0.3 is 13.9 Å². The van der Waals surface area contributed by atoms with Crippen LogP contribution in [0.4, 0.5) is 4.79 Å². The lowest BCUT2D eigenvalue weighted by atomic mass is 10.2. The van der Waals surface area contributed by atoms with Crippen molar-refractivity contribution in [2.75, 3.05) is 13.2 Å². The van der Waals surface area contributed by atoms with Crippen molar-refractivity contribution < 1.29 is 28.4 Å². The molecule has 0 fully saturated rings. The van der Waals surface area contributed by atoms with Gasteiger partial charge in [0.05, 0.1) is 19.5 Å². The van der Waals surface area contributed by atoms with Gasteiger partial charge in [0.2, 0.25) is 0 Å². The first kappa shape index (κ1) is 20.1. The molecule has 0 aliphatic heterocycles. The quantitative estimate of drug-likeness (QED) is 0.536. The average molecular weight is 388 g/mol. The molecule has 26 heavy (non-hydrogen) atoms. The number of rotatable bonds is 6. The fourth-order valence-electron chi connectivity index (χ4n) is 2.16. The Labute approximate surface area is 148 Å². The zero-order valence-electron chi connectivity index (χ0n) is 14.6. The van der Waals surface area contributed by atoms with Crippen LogP contribution in [0.1, 0.15) is 26.3 Å². The van der Waals surface area contributed by atoms with Crippen LogP contribution in [0.25, 0.3) is 11.0 Å². The molecule has 144 valence electrons. The third-order valence-electron chi connectivity index (χ3n) is 3.18. The van der Waals surface area contributed by atoms with Crippen LogP contribution >= 0.6 is 7.82 Å². The standard InChI is InChI=1S/C14H21N4O7P/c1-14(2,3)25-13(20)18(4-5-24-26(21,22)23)7-9-6-15-11-10(9)16-8-17-12(11)19/h6,8,15H,4-5,7H2,1-3H3,(H,16,17,19)(H2,21,22,23). The minimum absolute atomic E-state index is 0.00981. The average Bonchev–Trinajstić information content (AvgIpc) is 2.88. The van der Waals surface area contributed by atoms with E-state index in [1.807, 2.05) is 0 Å². The van der Waals surface area contributed by atoms with E-state index in [-0.39, 0.29) is 30.8 Å². The number of nitrogens with zero attached hydrogens (tertiary/aromatic N) is 2. The van der Waals surface area contributed by atoms with E-state index < -0.39 is 19.5 Å². The van der Waals surface area contributed by atoms with Crippen LogP contribution in [0.3, 0.4) is 0 Å². The second-order valence-electron chi connectivity index (χ2n) is 6.49. The molecule has 0 aromatic carbocycles. The highest BCUT2D eigenvalue weighted by Crippen LogP contribution is 2.35. The number of phosphoric ester groups is 1. The number of fused-ring (bicyclic) bond motifs is 1. The fourth-order valence-corrected chi connectivity index (χ4v) is 2.48. The van der Waals surface area contributed by atoms with Gasteiger partial charge in [0.1, 0.15) is 16.6 Å². The second kappa shape index (κ2) is 7.58. The molecule has 0 saturated heterocycles. The number of hydrogen-bond acceptors (Lipinski definition) is 6. The van der Waals surface area contributed by atoms with Crippen LogP contribution < -0.4 is 5.56 Å². The number of carbonyl (C=O) groups is 1. The molecule has 2 aromatic rings. The Morgan fingerprint density at radius 2 is 2.04 bits per heavy atom. The van der Waals surface area contributed by atoms with Crippen LogP contribution in [0.2, 0.25) is 0 Å². The van der Waals surface area contributed by atoms with Crippen LogP contribution in [-0.2, 0) is 20.4 Å². The molecule has 1 amide bonds. The number of hydrogen-bond donors (Lipinski definition) is 4. The summed E-state index contributed by atoms with van der Waals surface area (Å²) >= 11 is 0. The zero-order chi connectivity index (χ0) is 19.5. The molecule has 0 unspecified atom stereocenters. The number of phosphoric acid groups is 1. The molecule has 2 heterocycles. The van der Waals surface area contributed by atoms with Crippen molar-refractivity contribution in [1.29, 1.82) is 0 Å². The molecular weight excluding hydrogens is 367 g/mol. The molecular formula is C14H21N4O7P. The number of carbonyl (C=O) groups excluding carboxylic acids is 1. The van der Waals surface area contributed by atoms with Crippen LogP contribution in [0.15, 0.2) is 17.3 Å². The monoisotopic (exact) mass is 388 g/mol. The summed E-state index contributed by atoms with van der Waals surface area (Å²) < 4.78 is 20.5. The molecule has 2 rings (SSSR count). The van der Waals surface area contributed by atoms with E-state index in [4.69, 9.17) is 14.5 Å². The van der Waals surface area contributed by atoms with Gasteiger partial charge in [-0.15, -0.1) is 0 Å². The predicted octanol–water partition coefficient (Wildman–Crippen LogP) is 1.10. The maximum atomic E-state index is 12.4. The van der Waals surface area contributed by atoms with Crippen molar-refractivity contribution in [3.05, 3.63) is 28.4 Å². The first-order chi connectivity index (χ1) is 12.0. The topological polar surface area (TPSA) is 158 Å². The fraction of sp³-hybridized carbons (Fsp3) is 0.500. The SMILES string of the molecule is CC(C)(C)OC(=O)N(CCOP(=O)(O)O)Cc1c[nH]c2c(=O)[nH]cnc12. The Bertz CT molecular complexity index is 879. The maximum Gasteiger partial charge on any atom is 0.469 e. The van der Waals surface area contributed by atoms with Gasteiger partial charge in [0, 0.05) is 18.3 Å². The molecule has 4 N–H and O–H groups in total. The van der Waals surface area contributed by atoms with Crippen molar-refractivity contribution in [1.82, 2.24) is 19.9 Å². The van der Waals surface area contributed by atoms with E-state index in [0.717, 1.165) is 0 Å². The maximum absolute atomic E-state index is 12.4. The van der Waals surface area contributed by atoms with Crippen molar-refractivity contribution in [3.8, 4) is 0 Å². The predicted molar refractivity (Wildman–Crippen MR) is 91.4 cm³/mol. The second-order valence-corrected chi connectivity index (χ2v) is 7.73. The number of H-pyrrole nitrogens is 2. The number of aromatic nitrogens is 3. The van der Waals surface area contributed by atoms with Gasteiger partial charge in [-0.3, -0.25) is 9.32 Å². The summed E-state index contributed by atoms with van der Waals surface area (Å²) in [6.07, 6.45) is 2.09. The van der Waals surface area contributed by atoms with Gasteiger partial charge in [-0.25, -0.2) is 14.3 Å².